The molecular weight excluding hydrogens is 406 g/mol. The number of hydrogen-bond acceptors (Lipinski definition) is 9. The van der Waals surface area contributed by atoms with Gasteiger partial charge in [0.15, 0.2) is 5.13 Å². The smallest absolute Gasteiger partial charge is 0.280 e. The fourth-order valence-electron chi connectivity index (χ4n) is 3.29. The zero-order valence-electron chi connectivity index (χ0n) is 16.9. The molecule has 1 fully saturated rings. The van der Waals surface area contributed by atoms with Crippen LogP contribution in [0.1, 0.15) is 10.5 Å². The van der Waals surface area contributed by atoms with E-state index >= 15 is 0 Å². The number of fused-ring (bicyclic) bond motifs is 1. The van der Waals surface area contributed by atoms with Crippen LogP contribution in [0.25, 0.3) is 10.2 Å². The lowest BCUT2D eigenvalue weighted by Gasteiger charge is -2.29. The maximum absolute atomic E-state index is 13.3. The Bertz CT molecular complexity index is 966. The molecule has 0 N–H and O–H groups in total. The minimum atomic E-state index is -0.242. The molecule has 9 nitrogen and oxygen atoms in total. The molecule has 0 atom stereocenters. The van der Waals surface area contributed by atoms with Gasteiger partial charge in [-0.1, -0.05) is 11.3 Å². The molecule has 3 heterocycles. The first kappa shape index (κ1) is 20.5. The van der Waals surface area contributed by atoms with Gasteiger partial charge in [-0.15, -0.1) is 0 Å². The maximum Gasteiger partial charge on any atom is 0.280 e. The molecule has 0 saturated carbocycles. The van der Waals surface area contributed by atoms with Gasteiger partial charge < -0.3 is 14.2 Å². The minimum absolute atomic E-state index is 0.242. The summed E-state index contributed by atoms with van der Waals surface area (Å²) in [6, 6.07) is 3.65. The highest BCUT2D eigenvalue weighted by Gasteiger charge is 2.25. The van der Waals surface area contributed by atoms with Gasteiger partial charge in [0.05, 0.1) is 33.6 Å². The summed E-state index contributed by atoms with van der Waals surface area (Å²) >= 11 is 1.39. The van der Waals surface area contributed by atoms with E-state index in [9.17, 15) is 4.79 Å². The summed E-state index contributed by atoms with van der Waals surface area (Å²) < 4.78 is 17.2. The predicted octanol–water partition coefficient (Wildman–Crippen LogP) is 2.08. The molecule has 0 aliphatic carbocycles. The molecule has 3 aromatic rings. The Hall–Kier alpha value is -2.82. The number of aromatic nitrogens is 3. The minimum Gasteiger partial charge on any atom is -0.495 e. The van der Waals surface area contributed by atoms with Crippen molar-refractivity contribution in [2.75, 3.05) is 58.5 Å². The second kappa shape index (κ2) is 9.33. The van der Waals surface area contributed by atoms with Gasteiger partial charge >= 0.3 is 0 Å². The van der Waals surface area contributed by atoms with Gasteiger partial charge in [-0.3, -0.25) is 19.6 Å². The Morgan fingerprint density at radius 1 is 1.20 bits per heavy atom. The van der Waals surface area contributed by atoms with Gasteiger partial charge in [0.2, 0.25) is 0 Å². The monoisotopic (exact) mass is 429 g/mol. The number of rotatable bonds is 7. The molecule has 4 rings (SSSR count). The van der Waals surface area contributed by atoms with Crippen molar-refractivity contribution in [3.05, 3.63) is 36.4 Å². The van der Waals surface area contributed by atoms with Crippen LogP contribution in [0.15, 0.2) is 30.7 Å². The number of anilines is 1. The van der Waals surface area contributed by atoms with Crippen molar-refractivity contribution < 1.29 is 19.0 Å². The zero-order valence-corrected chi connectivity index (χ0v) is 17.7. The molecule has 0 radical (unpaired) electrons. The predicted molar refractivity (Wildman–Crippen MR) is 114 cm³/mol. The molecule has 1 amide bonds. The second-order valence-electron chi connectivity index (χ2n) is 6.65. The van der Waals surface area contributed by atoms with Gasteiger partial charge in [0.1, 0.15) is 27.4 Å². The zero-order chi connectivity index (χ0) is 20.9. The summed E-state index contributed by atoms with van der Waals surface area (Å²) in [4.78, 5) is 30.2. The fourth-order valence-corrected chi connectivity index (χ4v) is 4.39. The number of benzene rings is 1. The average Bonchev–Trinajstić information content (AvgIpc) is 3.25. The quantitative estimate of drug-likeness (QED) is 0.564. The first-order chi connectivity index (χ1) is 14.7. The standard InChI is InChI=1S/C20H23N5O4S/c1-27-15-3-4-16(28-2)18-17(15)23-20(30-18)25(8-7-24-9-11-29-12-10-24)19(26)14-13-21-5-6-22-14/h3-6,13H,7-12H2,1-2H3. The summed E-state index contributed by atoms with van der Waals surface area (Å²) in [6.45, 7) is 4.27. The maximum atomic E-state index is 13.3. The second-order valence-corrected chi connectivity index (χ2v) is 7.62. The molecule has 1 aromatic carbocycles. The third-order valence-corrected chi connectivity index (χ3v) is 5.99. The van der Waals surface area contributed by atoms with Gasteiger partial charge in [-0.05, 0) is 12.1 Å². The van der Waals surface area contributed by atoms with Crippen molar-refractivity contribution in [1.82, 2.24) is 19.9 Å². The van der Waals surface area contributed by atoms with E-state index in [0.717, 1.165) is 17.8 Å². The molecule has 2 aromatic heterocycles. The van der Waals surface area contributed by atoms with Crippen molar-refractivity contribution in [2.45, 2.75) is 0 Å². The van der Waals surface area contributed by atoms with E-state index in [0.29, 0.717) is 48.5 Å². The topological polar surface area (TPSA) is 89.9 Å². The van der Waals surface area contributed by atoms with Crippen LogP contribution in [0.4, 0.5) is 5.13 Å². The number of nitrogens with zero attached hydrogens (tertiary/aromatic N) is 5. The van der Waals surface area contributed by atoms with E-state index in [-0.39, 0.29) is 11.6 Å². The normalized spacial score (nSPS) is 14.6. The van der Waals surface area contributed by atoms with Crippen LogP contribution in [0.2, 0.25) is 0 Å². The Morgan fingerprint density at radius 3 is 2.67 bits per heavy atom. The van der Waals surface area contributed by atoms with Crippen LogP contribution in [0.3, 0.4) is 0 Å². The molecule has 0 unspecified atom stereocenters. The van der Waals surface area contributed by atoms with Gasteiger partial charge in [-0.2, -0.15) is 0 Å². The summed E-state index contributed by atoms with van der Waals surface area (Å²) in [7, 11) is 3.21. The highest BCUT2D eigenvalue weighted by atomic mass is 32.1. The lowest BCUT2D eigenvalue weighted by atomic mass is 10.3. The van der Waals surface area contributed by atoms with Crippen molar-refractivity contribution in [2.24, 2.45) is 0 Å². The number of amides is 1. The average molecular weight is 430 g/mol. The largest absolute Gasteiger partial charge is 0.495 e. The molecule has 0 spiro atoms. The van der Waals surface area contributed by atoms with Crippen LogP contribution in [-0.2, 0) is 4.74 Å². The van der Waals surface area contributed by atoms with E-state index in [2.05, 4.69) is 14.9 Å². The van der Waals surface area contributed by atoms with Gasteiger partial charge in [-0.25, -0.2) is 9.97 Å². The van der Waals surface area contributed by atoms with Crippen molar-refractivity contribution in [3.63, 3.8) is 0 Å². The lowest BCUT2D eigenvalue weighted by Crippen LogP contribution is -2.43. The van der Waals surface area contributed by atoms with E-state index < -0.39 is 0 Å². The summed E-state index contributed by atoms with van der Waals surface area (Å²) in [6.07, 6.45) is 4.53. The number of hydrogen-bond donors (Lipinski definition) is 0. The van der Waals surface area contributed by atoms with Crippen LogP contribution in [0.5, 0.6) is 11.5 Å². The Labute approximate surface area is 178 Å². The fraction of sp³-hybridized carbons (Fsp3) is 0.400. The van der Waals surface area contributed by atoms with E-state index in [1.807, 2.05) is 12.1 Å². The van der Waals surface area contributed by atoms with Gasteiger partial charge in [0, 0.05) is 38.6 Å². The number of carbonyl (C=O) groups excluding carboxylic acids is 1. The lowest BCUT2D eigenvalue weighted by molar-refractivity contribution is 0.0391. The third kappa shape index (κ3) is 4.20. The van der Waals surface area contributed by atoms with Crippen LogP contribution in [0, 0.1) is 0 Å². The summed E-state index contributed by atoms with van der Waals surface area (Å²) in [5, 5.41) is 0.566. The molecule has 1 aliphatic heterocycles. The van der Waals surface area contributed by atoms with Crippen molar-refractivity contribution in [1.29, 1.82) is 0 Å². The van der Waals surface area contributed by atoms with Gasteiger partial charge in [0.25, 0.3) is 5.91 Å². The molecule has 10 heteroatoms. The molecular formula is C20H23N5O4S. The highest BCUT2D eigenvalue weighted by Crippen LogP contribution is 2.40. The Morgan fingerprint density at radius 2 is 1.97 bits per heavy atom. The number of ether oxygens (including phenoxy) is 3. The number of thiazole rings is 1. The van der Waals surface area contributed by atoms with Crippen molar-refractivity contribution >= 4 is 32.6 Å². The molecule has 1 saturated heterocycles. The van der Waals surface area contributed by atoms with Crippen LogP contribution < -0.4 is 14.4 Å². The first-order valence-corrected chi connectivity index (χ1v) is 10.4. The molecule has 1 aliphatic rings. The van der Waals surface area contributed by atoms with Crippen LogP contribution in [-0.4, -0.2) is 79.4 Å². The molecule has 30 heavy (non-hydrogen) atoms. The number of methoxy groups -OCH3 is 2. The number of carbonyl (C=O) groups is 1. The first-order valence-electron chi connectivity index (χ1n) is 9.60. The summed E-state index contributed by atoms with van der Waals surface area (Å²) in [5.74, 6) is 1.08. The van der Waals surface area contributed by atoms with E-state index in [1.165, 1.54) is 23.7 Å². The SMILES string of the molecule is COc1ccc(OC)c2sc(N(CCN3CCOCC3)C(=O)c3cnccn3)nc12. The molecule has 0 bridgehead atoms. The van der Waals surface area contributed by atoms with E-state index in [4.69, 9.17) is 19.2 Å². The summed E-state index contributed by atoms with van der Waals surface area (Å²) in [5.41, 5.74) is 0.942. The Balaban J connectivity index is 1.70. The highest BCUT2D eigenvalue weighted by molar-refractivity contribution is 7.22. The van der Waals surface area contributed by atoms with Crippen LogP contribution >= 0.6 is 11.3 Å². The number of morpholine rings is 1. The molecule has 158 valence electrons. The van der Waals surface area contributed by atoms with E-state index in [1.54, 1.807) is 25.3 Å². The Kier molecular flexibility index (Phi) is 6.36. The van der Waals surface area contributed by atoms with Crippen molar-refractivity contribution in [3.8, 4) is 11.5 Å². The third-order valence-electron chi connectivity index (χ3n) is 4.90.